The van der Waals surface area contributed by atoms with Crippen molar-refractivity contribution in [3.05, 3.63) is 0 Å². The van der Waals surface area contributed by atoms with Crippen LogP contribution in [0, 0.1) is 0 Å². The molecule has 1 saturated heterocycles. The Kier molecular flexibility index (Phi) is 6.63. The first-order valence-corrected chi connectivity index (χ1v) is 4.99. The minimum absolute atomic E-state index is 0.269. The van der Waals surface area contributed by atoms with Crippen LogP contribution in [0.2, 0.25) is 0 Å². The maximum atomic E-state index is 10.1. The first-order valence-electron chi connectivity index (χ1n) is 4.99. The normalized spacial score (nSPS) is 22.8. The Morgan fingerprint density at radius 1 is 1.44 bits per heavy atom. The number of carbonyl (C=O) groups is 2. The van der Waals surface area contributed by atoms with Gasteiger partial charge in [0.05, 0.1) is 6.10 Å². The number of nitrogens with two attached hydrogens (primary N) is 1. The topological polar surface area (TPSA) is 133 Å². The number of carboxylic acid groups (broad SMARTS) is 2. The van der Waals surface area contributed by atoms with E-state index >= 15 is 0 Å². The van der Waals surface area contributed by atoms with Gasteiger partial charge in [0.15, 0.2) is 0 Å². The van der Waals surface area contributed by atoms with Crippen molar-refractivity contribution in [3.8, 4) is 0 Å². The molecule has 1 heterocycles. The molecule has 16 heavy (non-hydrogen) atoms. The van der Waals surface area contributed by atoms with Gasteiger partial charge in [0.2, 0.25) is 0 Å². The van der Waals surface area contributed by atoms with Gasteiger partial charge in [-0.05, 0) is 26.3 Å². The molecular formula is C9H18N2O5. The molecule has 0 radical (unpaired) electrons. The van der Waals surface area contributed by atoms with Crippen molar-refractivity contribution in [1.29, 1.82) is 0 Å². The third-order valence-electron chi connectivity index (χ3n) is 2.16. The largest absolute Gasteiger partial charge is 0.480 e. The highest BCUT2D eigenvalue weighted by Crippen LogP contribution is 2.03. The van der Waals surface area contributed by atoms with Crippen molar-refractivity contribution >= 4 is 11.9 Å². The van der Waals surface area contributed by atoms with Crippen molar-refractivity contribution < 1.29 is 24.9 Å². The molecule has 1 aliphatic heterocycles. The van der Waals surface area contributed by atoms with Crippen molar-refractivity contribution in [2.24, 2.45) is 5.73 Å². The van der Waals surface area contributed by atoms with Gasteiger partial charge in [-0.3, -0.25) is 9.59 Å². The van der Waals surface area contributed by atoms with Crippen LogP contribution in [0.5, 0.6) is 0 Å². The lowest BCUT2D eigenvalue weighted by atomic mass is 10.2. The lowest BCUT2D eigenvalue weighted by Crippen LogP contribution is -2.39. The fourth-order valence-corrected chi connectivity index (χ4v) is 1.10. The number of aliphatic carboxylic acids is 2. The van der Waals surface area contributed by atoms with E-state index in [9.17, 15) is 9.59 Å². The summed E-state index contributed by atoms with van der Waals surface area (Å²) in [5.74, 6) is -1.90. The summed E-state index contributed by atoms with van der Waals surface area (Å²) in [4.78, 5) is 20.0. The molecule has 1 fully saturated rings. The fourth-order valence-electron chi connectivity index (χ4n) is 1.10. The van der Waals surface area contributed by atoms with Crippen LogP contribution in [0.25, 0.3) is 0 Å². The molecule has 3 atom stereocenters. The maximum Gasteiger partial charge on any atom is 0.323 e. The molecular weight excluding hydrogens is 216 g/mol. The Morgan fingerprint density at radius 3 is 2.12 bits per heavy atom. The zero-order valence-electron chi connectivity index (χ0n) is 9.09. The highest BCUT2D eigenvalue weighted by molar-refractivity contribution is 5.74. The van der Waals surface area contributed by atoms with E-state index in [2.05, 4.69) is 5.32 Å². The van der Waals surface area contributed by atoms with E-state index in [4.69, 9.17) is 21.1 Å². The van der Waals surface area contributed by atoms with Crippen molar-refractivity contribution in [1.82, 2.24) is 5.32 Å². The zero-order valence-corrected chi connectivity index (χ0v) is 9.09. The number of aliphatic hydroxyl groups is 1. The second-order valence-electron chi connectivity index (χ2n) is 3.59. The number of carboxylic acids is 2. The quantitative estimate of drug-likeness (QED) is 0.405. The molecule has 7 nitrogen and oxygen atoms in total. The van der Waals surface area contributed by atoms with Crippen LogP contribution in [-0.2, 0) is 9.59 Å². The number of rotatable bonds is 3. The number of hydrogen-bond acceptors (Lipinski definition) is 5. The average Bonchev–Trinajstić information content (AvgIpc) is 2.70. The molecule has 0 amide bonds. The summed E-state index contributed by atoms with van der Waals surface area (Å²) in [6.45, 7) is 2.19. The highest BCUT2D eigenvalue weighted by Gasteiger charge is 2.20. The van der Waals surface area contributed by atoms with Gasteiger partial charge in [-0.2, -0.15) is 0 Å². The molecule has 7 heteroatoms. The van der Waals surface area contributed by atoms with Crippen LogP contribution < -0.4 is 11.1 Å². The van der Waals surface area contributed by atoms with E-state index in [1.165, 1.54) is 6.92 Å². The zero-order chi connectivity index (χ0) is 12.7. The Bertz CT molecular complexity index is 226. The molecule has 0 spiro atoms. The summed E-state index contributed by atoms with van der Waals surface area (Å²) in [6, 6.07) is -1.43. The molecule has 0 saturated carbocycles. The maximum absolute atomic E-state index is 10.1. The van der Waals surface area contributed by atoms with Crippen molar-refractivity contribution in [2.75, 3.05) is 6.54 Å². The number of nitrogens with one attached hydrogen (secondary N) is 1. The lowest BCUT2D eigenvalue weighted by Gasteiger charge is -2.06. The first-order chi connectivity index (χ1) is 7.36. The third-order valence-corrected chi connectivity index (χ3v) is 2.16. The fraction of sp³-hybridized carbons (Fsp3) is 0.778. The first kappa shape index (κ1) is 14.8. The standard InChI is InChI=1S/C5H9NO2.C4H9NO3/c7-5(8)4-2-1-3-6-4;1-2(6)3(5)4(7)8/h4,6H,1-3H2,(H,7,8);2-3,6H,5H2,1H3,(H,7,8). The Balaban J connectivity index is 0.000000281. The van der Waals surface area contributed by atoms with Gasteiger partial charge in [0.1, 0.15) is 12.1 Å². The Hall–Kier alpha value is -1.18. The van der Waals surface area contributed by atoms with Gasteiger partial charge < -0.3 is 26.4 Å². The smallest absolute Gasteiger partial charge is 0.323 e. The van der Waals surface area contributed by atoms with Crippen LogP contribution in [0.1, 0.15) is 19.8 Å². The van der Waals surface area contributed by atoms with Crippen LogP contribution >= 0.6 is 0 Å². The number of hydrogen-bond donors (Lipinski definition) is 5. The van der Waals surface area contributed by atoms with E-state index in [0.29, 0.717) is 0 Å². The summed E-state index contributed by atoms with van der Waals surface area (Å²) in [5, 5.41) is 27.8. The predicted octanol–water partition coefficient (Wildman–Crippen LogP) is -1.40. The van der Waals surface area contributed by atoms with Gasteiger partial charge in [-0.15, -0.1) is 0 Å². The average molecular weight is 234 g/mol. The predicted molar refractivity (Wildman–Crippen MR) is 56.0 cm³/mol. The summed E-state index contributed by atoms with van der Waals surface area (Å²) in [7, 11) is 0. The van der Waals surface area contributed by atoms with Gasteiger partial charge in [0, 0.05) is 0 Å². The molecule has 3 unspecified atom stereocenters. The van der Waals surface area contributed by atoms with E-state index in [-0.39, 0.29) is 6.04 Å². The van der Waals surface area contributed by atoms with Crippen LogP contribution in [0.3, 0.4) is 0 Å². The van der Waals surface area contributed by atoms with E-state index in [1.54, 1.807) is 0 Å². The molecule has 0 aromatic carbocycles. The SMILES string of the molecule is CC(O)C(N)C(=O)O.O=C(O)C1CCCN1. The third kappa shape index (κ3) is 5.64. The second kappa shape index (κ2) is 7.15. The highest BCUT2D eigenvalue weighted by atomic mass is 16.4. The van der Waals surface area contributed by atoms with Crippen molar-refractivity contribution in [2.45, 2.75) is 38.0 Å². The summed E-state index contributed by atoms with van der Waals surface area (Å²) in [6.07, 6.45) is 0.805. The molecule has 0 aliphatic carbocycles. The molecule has 1 aliphatic rings. The molecule has 0 bridgehead atoms. The lowest BCUT2D eigenvalue weighted by molar-refractivity contribution is -0.141. The summed E-state index contributed by atoms with van der Waals surface area (Å²) >= 11 is 0. The van der Waals surface area contributed by atoms with Gasteiger partial charge in [-0.25, -0.2) is 0 Å². The molecule has 0 aromatic rings. The molecule has 94 valence electrons. The molecule has 6 N–H and O–H groups in total. The summed E-state index contributed by atoms with van der Waals surface area (Å²) in [5.41, 5.74) is 4.91. The van der Waals surface area contributed by atoms with E-state index in [1.807, 2.05) is 0 Å². The molecule has 1 rings (SSSR count). The minimum Gasteiger partial charge on any atom is -0.480 e. The van der Waals surface area contributed by atoms with E-state index < -0.39 is 24.1 Å². The second-order valence-corrected chi connectivity index (χ2v) is 3.59. The van der Waals surface area contributed by atoms with Gasteiger partial charge >= 0.3 is 11.9 Å². The summed E-state index contributed by atoms with van der Waals surface area (Å²) < 4.78 is 0. The van der Waals surface area contributed by atoms with Crippen LogP contribution in [0.15, 0.2) is 0 Å². The van der Waals surface area contributed by atoms with Crippen molar-refractivity contribution in [3.63, 3.8) is 0 Å². The number of aliphatic hydroxyl groups excluding tert-OH is 1. The van der Waals surface area contributed by atoms with Crippen LogP contribution in [-0.4, -0.2) is 52.0 Å². The molecule has 0 aromatic heterocycles. The van der Waals surface area contributed by atoms with E-state index in [0.717, 1.165) is 19.4 Å². The van der Waals surface area contributed by atoms with Gasteiger partial charge in [-0.1, -0.05) is 0 Å². The monoisotopic (exact) mass is 234 g/mol. The van der Waals surface area contributed by atoms with Crippen LogP contribution in [0.4, 0.5) is 0 Å². The minimum atomic E-state index is -1.18. The Morgan fingerprint density at radius 2 is 2.00 bits per heavy atom. The Labute approximate surface area is 93.3 Å². The van der Waals surface area contributed by atoms with Gasteiger partial charge in [0.25, 0.3) is 0 Å².